The van der Waals surface area contributed by atoms with Crippen LogP contribution >= 0.6 is 0 Å². The van der Waals surface area contributed by atoms with Crippen molar-refractivity contribution in [1.29, 1.82) is 0 Å². The molecule has 2 fully saturated rings. The van der Waals surface area contributed by atoms with Crippen LogP contribution in [-0.2, 0) is 13.1 Å². The molecule has 5 rings (SSSR count). The van der Waals surface area contributed by atoms with E-state index in [9.17, 15) is 0 Å². The first-order valence-electron chi connectivity index (χ1n) is 10.4. The minimum absolute atomic E-state index is 0.730. The van der Waals surface area contributed by atoms with E-state index < -0.39 is 0 Å². The zero-order valence-corrected chi connectivity index (χ0v) is 16.5. The molecule has 1 saturated carbocycles. The molecule has 0 atom stereocenters. The number of aryl methyl sites for hydroxylation is 1. The van der Waals surface area contributed by atoms with Gasteiger partial charge in [0.1, 0.15) is 0 Å². The van der Waals surface area contributed by atoms with Crippen LogP contribution in [0.2, 0.25) is 0 Å². The average Bonchev–Trinajstić information content (AvgIpc) is 3.28. The van der Waals surface area contributed by atoms with Gasteiger partial charge in [0.05, 0.1) is 17.7 Å². The number of hydrogen-bond donors (Lipinski definition) is 0. The quantitative estimate of drug-likeness (QED) is 0.662. The predicted octanol–water partition coefficient (Wildman–Crippen LogP) is 3.29. The number of imidazole rings is 1. The standard InChI is InChI=1S/C22H28N6/c1-2-28-21(15-22(24-28)18-3-4-18)16-25-11-13-26(14-12-25)19-5-7-20(8-6-19)27-10-9-23-17-27/h5-10,15,17-18H,2-4,11-14,16H2,1H3. The highest BCUT2D eigenvalue weighted by Crippen LogP contribution is 2.39. The second-order valence-corrected chi connectivity index (χ2v) is 7.90. The lowest BCUT2D eigenvalue weighted by atomic mass is 10.2. The lowest BCUT2D eigenvalue weighted by Gasteiger charge is -2.36. The van der Waals surface area contributed by atoms with E-state index in [1.165, 1.54) is 29.9 Å². The van der Waals surface area contributed by atoms with Crippen LogP contribution in [0, 0.1) is 0 Å². The summed E-state index contributed by atoms with van der Waals surface area (Å²) >= 11 is 0. The largest absolute Gasteiger partial charge is 0.369 e. The SMILES string of the molecule is CCn1nc(C2CC2)cc1CN1CCN(c2ccc(-n3ccnc3)cc2)CC1. The monoisotopic (exact) mass is 376 g/mol. The van der Waals surface area contributed by atoms with Crippen molar-refractivity contribution in [1.82, 2.24) is 24.2 Å². The van der Waals surface area contributed by atoms with Gasteiger partial charge in [0.15, 0.2) is 0 Å². The van der Waals surface area contributed by atoms with Gasteiger partial charge >= 0.3 is 0 Å². The molecule has 0 spiro atoms. The van der Waals surface area contributed by atoms with Gasteiger partial charge < -0.3 is 9.47 Å². The topological polar surface area (TPSA) is 42.1 Å². The van der Waals surface area contributed by atoms with Crippen molar-refractivity contribution < 1.29 is 0 Å². The number of nitrogens with zero attached hydrogens (tertiary/aromatic N) is 6. The lowest BCUT2D eigenvalue weighted by Crippen LogP contribution is -2.46. The molecule has 146 valence electrons. The number of anilines is 1. The summed E-state index contributed by atoms with van der Waals surface area (Å²) < 4.78 is 4.24. The summed E-state index contributed by atoms with van der Waals surface area (Å²) in [5, 5.41) is 4.82. The van der Waals surface area contributed by atoms with Crippen LogP contribution in [0.25, 0.3) is 5.69 Å². The molecule has 6 heteroatoms. The molecule has 1 aromatic carbocycles. The highest BCUT2D eigenvalue weighted by atomic mass is 15.3. The highest BCUT2D eigenvalue weighted by molar-refractivity contribution is 5.51. The first-order valence-corrected chi connectivity index (χ1v) is 10.4. The Bertz CT molecular complexity index is 899. The van der Waals surface area contributed by atoms with E-state index in [2.05, 4.69) is 56.7 Å². The zero-order chi connectivity index (χ0) is 18.9. The van der Waals surface area contributed by atoms with Crippen molar-refractivity contribution in [3.05, 3.63) is 60.4 Å². The van der Waals surface area contributed by atoms with Crippen LogP contribution in [0.4, 0.5) is 5.69 Å². The number of rotatable bonds is 6. The Morgan fingerprint density at radius 3 is 2.39 bits per heavy atom. The zero-order valence-electron chi connectivity index (χ0n) is 16.5. The molecule has 0 unspecified atom stereocenters. The van der Waals surface area contributed by atoms with Gasteiger partial charge in [-0.3, -0.25) is 9.58 Å². The first kappa shape index (κ1) is 17.5. The van der Waals surface area contributed by atoms with Gasteiger partial charge in [0.25, 0.3) is 0 Å². The molecule has 0 radical (unpaired) electrons. The van der Waals surface area contributed by atoms with Crippen molar-refractivity contribution >= 4 is 5.69 Å². The smallest absolute Gasteiger partial charge is 0.0991 e. The molecule has 0 bridgehead atoms. The lowest BCUT2D eigenvalue weighted by molar-refractivity contribution is 0.242. The van der Waals surface area contributed by atoms with Gasteiger partial charge in [-0.15, -0.1) is 0 Å². The summed E-state index contributed by atoms with van der Waals surface area (Å²) in [6.45, 7) is 8.50. The van der Waals surface area contributed by atoms with Gasteiger partial charge in [-0.1, -0.05) is 0 Å². The molecule has 2 aromatic heterocycles. The van der Waals surface area contributed by atoms with Crippen LogP contribution in [0.15, 0.2) is 49.1 Å². The van der Waals surface area contributed by atoms with Crippen molar-refractivity contribution in [3.8, 4) is 5.69 Å². The van der Waals surface area contributed by atoms with E-state index in [1.807, 2.05) is 23.3 Å². The minimum atomic E-state index is 0.730. The third-order valence-electron chi connectivity index (χ3n) is 5.95. The maximum Gasteiger partial charge on any atom is 0.0991 e. The Hall–Kier alpha value is -2.60. The molecule has 28 heavy (non-hydrogen) atoms. The van der Waals surface area contributed by atoms with E-state index in [0.29, 0.717) is 0 Å². The number of benzene rings is 1. The Labute approximate surface area is 166 Å². The van der Waals surface area contributed by atoms with Crippen LogP contribution in [0.1, 0.15) is 37.1 Å². The highest BCUT2D eigenvalue weighted by Gasteiger charge is 2.27. The number of aromatic nitrogens is 4. The molecule has 1 aliphatic carbocycles. The van der Waals surface area contributed by atoms with Gasteiger partial charge in [0.2, 0.25) is 0 Å². The average molecular weight is 377 g/mol. The van der Waals surface area contributed by atoms with Crippen molar-refractivity contribution in [2.45, 2.75) is 38.8 Å². The third kappa shape index (κ3) is 3.56. The van der Waals surface area contributed by atoms with Gasteiger partial charge in [-0.25, -0.2) is 4.98 Å². The maximum absolute atomic E-state index is 4.82. The maximum atomic E-state index is 4.82. The fourth-order valence-electron chi connectivity index (χ4n) is 4.10. The van der Waals surface area contributed by atoms with E-state index >= 15 is 0 Å². The fourth-order valence-corrected chi connectivity index (χ4v) is 4.10. The van der Waals surface area contributed by atoms with Gasteiger partial charge in [-0.05, 0) is 50.1 Å². The normalized spacial score (nSPS) is 18.0. The van der Waals surface area contributed by atoms with E-state index in [0.717, 1.165) is 50.9 Å². The molecule has 2 aliphatic rings. The second kappa shape index (κ2) is 7.43. The van der Waals surface area contributed by atoms with Crippen LogP contribution in [0.3, 0.4) is 0 Å². The molecule has 1 saturated heterocycles. The molecule has 3 heterocycles. The minimum Gasteiger partial charge on any atom is -0.369 e. The summed E-state index contributed by atoms with van der Waals surface area (Å²) in [4.78, 5) is 9.17. The molecule has 3 aromatic rings. The summed E-state index contributed by atoms with van der Waals surface area (Å²) in [6, 6.07) is 11.1. The Balaban J connectivity index is 1.20. The number of piperazine rings is 1. The molecular formula is C22H28N6. The third-order valence-corrected chi connectivity index (χ3v) is 5.95. The summed E-state index contributed by atoms with van der Waals surface area (Å²) in [7, 11) is 0. The molecule has 1 aliphatic heterocycles. The molecular weight excluding hydrogens is 348 g/mol. The Morgan fingerprint density at radius 1 is 1.00 bits per heavy atom. The van der Waals surface area contributed by atoms with Crippen LogP contribution in [-0.4, -0.2) is 50.4 Å². The van der Waals surface area contributed by atoms with Crippen molar-refractivity contribution in [2.24, 2.45) is 0 Å². The number of hydrogen-bond acceptors (Lipinski definition) is 4. The van der Waals surface area contributed by atoms with Crippen molar-refractivity contribution in [3.63, 3.8) is 0 Å². The summed E-state index contributed by atoms with van der Waals surface area (Å²) in [5.41, 5.74) is 5.15. The van der Waals surface area contributed by atoms with E-state index in [4.69, 9.17) is 5.10 Å². The summed E-state index contributed by atoms with van der Waals surface area (Å²) in [5.74, 6) is 0.730. The van der Waals surface area contributed by atoms with Crippen LogP contribution in [0.5, 0.6) is 0 Å². The second-order valence-electron chi connectivity index (χ2n) is 7.90. The predicted molar refractivity (Wildman–Crippen MR) is 111 cm³/mol. The van der Waals surface area contributed by atoms with Crippen molar-refractivity contribution in [2.75, 3.05) is 31.1 Å². The van der Waals surface area contributed by atoms with Crippen LogP contribution < -0.4 is 4.90 Å². The molecule has 6 nitrogen and oxygen atoms in total. The van der Waals surface area contributed by atoms with E-state index in [-0.39, 0.29) is 0 Å². The summed E-state index contributed by atoms with van der Waals surface area (Å²) in [6.07, 6.45) is 8.26. The molecule has 0 amide bonds. The first-order chi connectivity index (χ1) is 13.8. The Morgan fingerprint density at radius 2 is 1.75 bits per heavy atom. The molecule has 0 N–H and O–H groups in total. The van der Waals surface area contributed by atoms with Gasteiger partial charge in [0, 0.05) is 69.0 Å². The van der Waals surface area contributed by atoms with E-state index in [1.54, 1.807) is 0 Å². The fraction of sp³-hybridized carbons (Fsp3) is 0.455. The Kier molecular flexibility index (Phi) is 4.64. The van der Waals surface area contributed by atoms with Gasteiger partial charge in [-0.2, -0.15) is 5.10 Å².